The van der Waals surface area contributed by atoms with Gasteiger partial charge in [0, 0.05) is 11.8 Å². The Bertz CT molecular complexity index is 833. The minimum atomic E-state index is -0.323. The fourth-order valence-electron chi connectivity index (χ4n) is 2.45. The molecule has 4 nitrogen and oxygen atoms in total. The van der Waals surface area contributed by atoms with Crippen molar-refractivity contribution in [1.82, 2.24) is 9.97 Å². The zero-order valence-electron chi connectivity index (χ0n) is 13.6. The molecule has 5 heteroatoms. The number of benzene rings is 2. The van der Waals surface area contributed by atoms with Gasteiger partial charge in [-0.25, -0.2) is 14.4 Å². The molecule has 3 aromatic rings. The van der Waals surface area contributed by atoms with Gasteiger partial charge in [0.05, 0.1) is 5.69 Å². The van der Waals surface area contributed by atoms with E-state index < -0.39 is 0 Å². The molecule has 1 heterocycles. The second-order valence-electron chi connectivity index (χ2n) is 5.76. The average molecular weight is 322 g/mol. The molecule has 3 rings (SSSR count). The van der Waals surface area contributed by atoms with E-state index in [4.69, 9.17) is 0 Å². The molecule has 0 aliphatic carbocycles. The van der Waals surface area contributed by atoms with Gasteiger partial charge in [0.25, 0.3) is 0 Å². The van der Waals surface area contributed by atoms with Gasteiger partial charge in [-0.1, -0.05) is 44.2 Å². The molecule has 122 valence electrons. The Morgan fingerprint density at radius 1 is 0.833 bits per heavy atom. The molecular formula is C19H19FN4. The van der Waals surface area contributed by atoms with Crippen LogP contribution in [-0.4, -0.2) is 9.97 Å². The minimum Gasteiger partial charge on any atom is -0.340 e. The van der Waals surface area contributed by atoms with Gasteiger partial charge in [0.15, 0.2) is 0 Å². The molecule has 0 unspecified atom stereocenters. The molecule has 2 N–H and O–H groups in total. The molecule has 0 bridgehead atoms. The van der Waals surface area contributed by atoms with E-state index in [1.165, 1.54) is 18.0 Å². The lowest BCUT2D eigenvalue weighted by Crippen LogP contribution is -2.02. The number of nitrogens with zero attached hydrogens (tertiary/aromatic N) is 2. The molecule has 0 saturated carbocycles. The second kappa shape index (κ2) is 7.08. The third-order valence-electron chi connectivity index (χ3n) is 3.65. The van der Waals surface area contributed by atoms with Crippen LogP contribution in [0, 0.1) is 5.82 Å². The predicted molar refractivity (Wildman–Crippen MR) is 95.5 cm³/mol. The minimum absolute atomic E-state index is 0.323. The Hall–Kier alpha value is -2.95. The maximum absolute atomic E-state index is 13.7. The van der Waals surface area contributed by atoms with Crippen LogP contribution in [0.4, 0.5) is 27.4 Å². The van der Waals surface area contributed by atoms with Crippen LogP contribution >= 0.6 is 0 Å². The van der Waals surface area contributed by atoms with Crippen LogP contribution in [0.2, 0.25) is 0 Å². The monoisotopic (exact) mass is 322 g/mol. The highest BCUT2D eigenvalue weighted by atomic mass is 19.1. The number of hydrogen-bond donors (Lipinski definition) is 2. The maximum atomic E-state index is 13.7. The van der Waals surface area contributed by atoms with Crippen molar-refractivity contribution in [2.24, 2.45) is 0 Å². The molecule has 0 radical (unpaired) electrons. The van der Waals surface area contributed by atoms with E-state index in [0.717, 1.165) is 5.69 Å². The number of nitrogens with one attached hydrogen (secondary N) is 2. The van der Waals surface area contributed by atoms with E-state index in [2.05, 4.69) is 40.5 Å². The summed E-state index contributed by atoms with van der Waals surface area (Å²) in [6, 6.07) is 16.3. The van der Waals surface area contributed by atoms with E-state index in [1.54, 1.807) is 24.3 Å². The summed E-state index contributed by atoms with van der Waals surface area (Å²) in [5, 5.41) is 6.28. The van der Waals surface area contributed by atoms with Gasteiger partial charge in [0.1, 0.15) is 23.8 Å². The Kier molecular flexibility index (Phi) is 4.70. The van der Waals surface area contributed by atoms with E-state index >= 15 is 0 Å². The van der Waals surface area contributed by atoms with Crippen LogP contribution in [0.15, 0.2) is 60.9 Å². The zero-order valence-corrected chi connectivity index (χ0v) is 13.6. The first kappa shape index (κ1) is 15.9. The predicted octanol–water partition coefficient (Wildman–Crippen LogP) is 5.23. The van der Waals surface area contributed by atoms with E-state index in [0.29, 0.717) is 23.2 Å². The Labute approximate surface area is 140 Å². The fraction of sp³-hybridized carbons (Fsp3) is 0.158. The highest BCUT2D eigenvalue weighted by Gasteiger charge is 2.08. The summed E-state index contributed by atoms with van der Waals surface area (Å²) in [7, 11) is 0. The average Bonchev–Trinajstić information content (AvgIpc) is 2.58. The molecule has 0 spiro atoms. The van der Waals surface area contributed by atoms with Crippen LogP contribution in [-0.2, 0) is 0 Å². The standard InChI is InChI=1S/C19H19FN4/c1-13(2)14-7-3-5-9-16(14)23-18-11-19(22-12-21-18)24-17-10-6-4-8-15(17)20/h3-13H,1-2H3,(H2,21,22,23,24). The number of anilines is 4. The molecular weight excluding hydrogens is 303 g/mol. The summed E-state index contributed by atoms with van der Waals surface area (Å²) in [4.78, 5) is 8.39. The maximum Gasteiger partial charge on any atom is 0.146 e. The summed E-state index contributed by atoms with van der Waals surface area (Å²) in [6.07, 6.45) is 1.45. The van der Waals surface area contributed by atoms with Crippen LogP contribution in [0.1, 0.15) is 25.3 Å². The third-order valence-corrected chi connectivity index (χ3v) is 3.65. The quantitative estimate of drug-likeness (QED) is 0.675. The van der Waals surface area contributed by atoms with Gasteiger partial charge in [-0.05, 0) is 29.7 Å². The summed E-state index contributed by atoms with van der Waals surface area (Å²) in [5.41, 5.74) is 2.59. The number of hydrogen-bond acceptors (Lipinski definition) is 4. The summed E-state index contributed by atoms with van der Waals surface area (Å²) >= 11 is 0. The number of aromatic nitrogens is 2. The highest BCUT2D eigenvalue weighted by molar-refractivity contribution is 5.65. The van der Waals surface area contributed by atoms with Crippen molar-refractivity contribution in [2.75, 3.05) is 10.6 Å². The SMILES string of the molecule is CC(C)c1ccccc1Nc1cc(Nc2ccccc2F)ncn1. The molecule has 0 amide bonds. The van der Waals surface area contributed by atoms with E-state index in [-0.39, 0.29) is 5.82 Å². The first-order valence-corrected chi connectivity index (χ1v) is 7.83. The molecule has 0 aliphatic rings. The highest BCUT2D eigenvalue weighted by Crippen LogP contribution is 2.27. The van der Waals surface area contributed by atoms with Crippen LogP contribution in [0.25, 0.3) is 0 Å². The van der Waals surface area contributed by atoms with Crippen LogP contribution < -0.4 is 10.6 Å². The Balaban J connectivity index is 1.83. The van der Waals surface area contributed by atoms with Crippen LogP contribution in [0.3, 0.4) is 0 Å². The second-order valence-corrected chi connectivity index (χ2v) is 5.76. The summed E-state index contributed by atoms with van der Waals surface area (Å²) in [5.74, 6) is 1.25. The van der Waals surface area contributed by atoms with Crippen molar-refractivity contribution in [3.8, 4) is 0 Å². The Morgan fingerprint density at radius 3 is 2.08 bits per heavy atom. The van der Waals surface area contributed by atoms with Gasteiger partial charge in [-0.2, -0.15) is 0 Å². The normalized spacial score (nSPS) is 10.7. The molecule has 0 fully saturated rings. The summed E-state index contributed by atoms with van der Waals surface area (Å²) in [6.45, 7) is 4.29. The summed E-state index contributed by atoms with van der Waals surface area (Å²) < 4.78 is 13.7. The van der Waals surface area contributed by atoms with Crippen molar-refractivity contribution >= 4 is 23.0 Å². The number of rotatable bonds is 5. The first-order valence-electron chi connectivity index (χ1n) is 7.83. The fourth-order valence-corrected chi connectivity index (χ4v) is 2.45. The van der Waals surface area contributed by atoms with Gasteiger partial charge in [-0.3, -0.25) is 0 Å². The molecule has 0 saturated heterocycles. The van der Waals surface area contributed by atoms with Gasteiger partial charge in [0.2, 0.25) is 0 Å². The lowest BCUT2D eigenvalue weighted by Gasteiger charge is -2.14. The van der Waals surface area contributed by atoms with E-state index in [9.17, 15) is 4.39 Å². The largest absolute Gasteiger partial charge is 0.340 e. The van der Waals surface area contributed by atoms with Crippen molar-refractivity contribution < 1.29 is 4.39 Å². The van der Waals surface area contributed by atoms with Crippen molar-refractivity contribution in [1.29, 1.82) is 0 Å². The number of para-hydroxylation sites is 2. The molecule has 0 atom stereocenters. The van der Waals surface area contributed by atoms with Gasteiger partial charge >= 0.3 is 0 Å². The van der Waals surface area contributed by atoms with E-state index in [1.807, 2.05) is 18.2 Å². The lowest BCUT2D eigenvalue weighted by molar-refractivity contribution is 0.632. The zero-order chi connectivity index (χ0) is 16.9. The van der Waals surface area contributed by atoms with Gasteiger partial charge in [-0.15, -0.1) is 0 Å². The first-order chi connectivity index (χ1) is 11.6. The molecule has 1 aromatic heterocycles. The smallest absolute Gasteiger partial charge is 0.146 e. The van der Waals surface area contributed by atoms with Crippen molar-refractivity contribution in [3.63, 3.8) is 0 Å². The van der Waals surface area contributed by atoms with Crippen LogP contribution in [0.5, 0.6) is 0 Å². The topological polar surface area (TPSA) is 49.8 Å². The molecule has 24 heavy (non-hydrogen) atoms. The number of halogens is 1. The molecule has 0 aliphatic heterocycles. The van der Waals surface area contributed by atoms with Crippen molar-refractivity contribution in [2.45, 2.75) is 19.8 Å². The van der Waals surface area contributed by atoms with Crippen molar-refractivity contribution in [3.05, 3.63) is 72.3 Å². The Morgan fingerprint density at radius 2 is 1.42 bits per heavy atom. The third kappa shape index (κ3) is 3.68. The molecule has 2 aromatic carbocycles. The lowest BCUT2D eigenvalue weighted by atomic mass is 10.0. The van der Waals surface area contributed by atoms with Gasteiger partial charge < -0.3 is 10.6 Å².